The molecule has 1 aliphatic carbocycles. The molecular formula is C12H8ClFN4S. The third kappa shape index (κ3) is 1.82. The van der Waals surface area contributed by atoms with Crippen molar-refractivity contribution in [3.63, 3.8) is 0 Å². The van der Waals surface area contributed by atoms with Gasteiger partial charge in [0.05, 0.1) is 5.02 Å². The van der Waals surface area contributed by atoms with Crippen molar-refractivity contribution in [1.82, 2.24) is 19.8 Å². The monoisotopic (exact) mass is 294 g/mol. The van der Waals surface area contributed by atoms with Gasteiger partial charge in [-0.05, 0) is 31.0 Å². The fraction of sp³-hybridized carbons (Fsp3) is 0.250. The molecule has 0 atom stereocenters. The number of hydrogen-bond acceptors (Lipinski definition) is 4. The molecular weight excluding hydrogens is 287 g/mol. The lowest BCUT2D eigenvalue weighted by atomic mass is 10.2. The van der Waals surface area contributed by atoms with Crippen LogP contribution in [0.3, 0.4) is 0 Å². The molecule has 1 aromatic carbocycles. The van der Waals surface area contributed by atoms with Gasteiger partial charge < -0.3 is 0 Å². The summed E-state index contributed by atoms with van der Waals surface area (Å²) in [6.45, 7) is 0. The maximum atomic E-state index is 13.1. The maximum Gasteiger partial charge on any atom is 0.234 e. The summed E-state index contributed by atoms with van der Waals surface area (Å²) < 4.78 is 14.8. The highest BCUT2D eigenvalue weighted by Crippen LogP contribution is 2.40. The number of halogens is 2. The van der Waals surface area contributed by atoms with Gasteiger partial charge in [-0.15, -0.1) is 10.2 Å². The molecule has 0 unspecified atom stereocenters. The van der Waals surface area contributed by atoms with Gasteiger partial charge in [0.1, 0.15) is 10.8 Å². The zero-order valence-corrected chi connectivity index (χ0v) is 11.2. The summed E-state index contributed by atoms with van der Waals surface area (Å²) in [5.41, 5.74) is 0.723. The van der Waals surface area contributed by atoms with Gasteiger partial charge in [0.2, 0.25) is 4.96 Å². The Bertz CT molecular complexity index is 777. The molecule has 7 heteroatoms. The Morgan fingerprint density at radius 3 is 2.89 bits per heavy atom. The number of aromatic nitrogens is 4. The van der Waals surface area contributed by atoms with Crippen molar-refractivity contribution in [3.8, 4) is 10.6 Å². The van der Waals surface area contributed by atoms with Crippen molar-refractivity contribution in [1.29, 1.82) is 0 Å². The van der Waals surface area contributed by atoms with Crippen LogP contribution in [0.15, 0.2) is 18.2 Å². The van der Waals surface area contributed by atoms with Crippen LogP contribution in [0, 0.1) is 5.82 Å². The van der Waals surface area contributed by atoms with E-state index in [1.807, 2.05) is 0 Å². The summed E-state index contributed by atoms with van der Waals surface area (Å²) in [6, 6.07) is 4.31. The van der Waals surface area contributed by atoms with Crippen LogP contribution in [0.4, 0.5) is 4.39 Å². The van der Waals surface area contributed by atoms with Gasteiger partial charge in [-0.2, -0.15) is 9.61 Å². The van der Waals surface area contributed by atoms with Crippen molar-refractivity contribution >= 4 is 27.9 Å². The van der Waals surface area contributed by atoms with Crippen LogP contribution >= 0.6 is 22.9 Å². The number of hydrogen-bond donors (Lipinski definition) is 0. The molecule has 0 spiro atoms. The minimum absolute atomic E-state index is 0.351. The summed E-state index contributed by atoms with van der Waals surface area (Å²) >= 11 is 7.46. The summed E-state index contributed by atoms with van der Waals surface area (Å²) in [6.07, 6.45) is 2.29. The first-order valence-electron chi connectivity index (χ1n) is 5.90. The SMILES string of the molecule is Fc1ccc(-c2nn3c(C4CC4)nnc3s2)c(Cl)c1. The Hall–Kier alpha value is -1.53. The predicted octanol–water partition coefficient (Wildman–Crippen LogP) is 3.52. The summed E-state index contributed by atoms with van der Waals surface area (Å²) in [4.78, 5) is 0.747. The third-order valence-electron chi connectivity index (χ3n) is 3.12. The van der Waals surface area contributed by atoms with E-state index >= 15 is 0 Å². The topological polar surface area (TPSA) is 43.1 Å². The van der Waals surface area contributed by atoms with Crippen molar-refractivity contribution in [2.24, 2.45) is 0 Å². The Balaban J connectivity index is 1.86. The van der Waals surface area contributed by atoms with E-state index in [4.69, 9.17) is 11.6 Å². The number of rotatable bonds is 2. The molecule has 4 rings (SSSR count). The molecule has 96 valence electrons. The van der Waals surface area contributed by atoms with Crippen LogP contribution in [-0.4, -0.2) is 19.8 Å². The molecule has 0 radical (unpaired) electrons. The largest absolute Gasteiger partial charge is 0.234 e. The van der Waals surface area contributed by atoms with Crippen LogP contribution in [0.5, 0.6) is 0 Å². The molecule has 0 aliphatic heterocycles. The van der Waals surface area contributed by atoms with Gasteiger partial charge in [-0.1, -0.05) is 22.9 Å². The molecule has 4 nitrogen and oxygen atoms in total. The van der Waals surface area contributed by atoms with Crippen molar-refractivity contribution < 1.29 is 4.39 Å². The summed E-state index contributed by atoms with van der Waals surface area (Å²) in [7, 11) is 0. The van der Waals surface area contributed by atoms with Gasteiger partial charge in [0.15, 0.2) is 5.82 Å². The average Bonchev–Trinajstić information content (AvgIpc) is 2.99. The van der Waals surface area contributed by atoms with Crippen molar-refractivity contribution in [2.75, 3.05) is 0 Å². The zero-order valence-electron chi connectivity index (χ0n) is 9.68. The molecule has 0 bridgehead atoms. The number of fused-ring (bicyclic) bond motifs is 1. The molecule has 19 heavy (non-hydrogen) atoms. The molecule has 1 aliphatic rings. The van der Waals surface area contributed by atoms with Gasteiger partial charge in [0, 0.05) is 11.5 Å². The Morgan fingerprint density at radius 1 is 1.32 bits per heavy atom. The van der Waals surface area contributed by atoms with E-state index in [9.17, 15) is 4.39 Å². The van der Waals surface area contributed by atoms with Crippen molar-refractivity contribution in [2.45, 2.75) is 18.8 Å². The first-order valence-corrected chi connectivity index (χ1v) is 7.09. The fourth-order valence-electron chi connectivity index (χ4n) is 2.00. The Labute approximate surface area is 116 Å². The van der Waals surface area contributed by atoms with Gasteiger partial charge >= 0.3 is 0 Å². The second-order valence-electron chi connectivity index (χ2n) is 4.56. The fourth-order valence-corrected chi connectivity index (χ4v) is 3.20. The van der Waals surface area contributed by atoms with E-state index in [2.05, 4.69) is 15.3 Å². The summed E-state index contributed by atoms with van der Waals surface area (Å²) in [5.74, 6) is 1.04. The lowest BCUT2D eigenvalue weighted by molar-refractivity contribution is 0.628. The molecule has 1 saturated carbocycles. The van der Waals surface area contributed by atoms with E-state index in [0.717, 1.165) is 34.2 Å². The van der Waals surface area contributed by atoms with Crippen LogP contribution < -0.4 is 0 Å². The van der Waals surface area contributed by atoms with Crippen molar-refractivity contribution in [3.05, 3.63) is 34.9 Å². The van der Waals surface area contributed by atoms with E-state index in [1.165, 1.54) is 23.5 Å². The van der Waals surface area contributed by atoms with Crippen LogP contribution in [0.2, 0.25) is 5.02 Å². The highest BCUT2D eigenvalue weighted by Gasteiger charge is 2.30. The highest BCUT2D eigenvalue weighted by molar-refractivity contribution is 7.19. The average molecular weight is 295 g/mol. The molecule has 2 aromatic heterocycles. The zero-order chi connectivity index (χ0) is 13.0. The van der Waals surface area contributed by atoms with Crippen LogP contribution in [0.1, 0.15) is 24.6 Å². The second kappa shape index (κ2) is 3.98. The van der Waals surface area contributed by atoms with E-state index in [-0.39, 0.29) is 5.82 Å². The molecule has 0 amide bonds. The van der Waals surface area contributed by atoms with E-state index < -0.39 is 0 Å². The Morgan fingerprint density at radius 2 is 2.16 bits per heavy atom. The van der Waals surface area contributed by atoms with Gasteiger partial charge in [0.25, 0.3) is 0 Å². The predicted molar refractivity (Wildman–Crippen MR) is 71.0 cm³/mol. The standard InChI is InChI=1S/C12H8ClFN4S/c13-9-5-7(14)3-4-8(9)11-17-18-10(6-1-2-6)15-16-12(18)19-11/h3-6H,1-2H2. The van der Waals surface area contributed by atoms with Gasteiger partial charge in [-0.3, -0.25) is 0 Å². The molecule has 0 saturated heterocycles. The minimum atomic E-state index is -0.351. The number of nitrogens with zero attached hydrogens (tertiary/aromatic N) is 4. The first kappa shape index (κ1) is 11.3. The minimum Gasteiger partial charge on any atom is -0.207 e. The normalized spacial score (nSPS) is 15.3. The lowest BCUT2D eigenvalue weighted by Gasteiger charge is -1.99. The smallest absolute Gasteiger partial charge is 0.207 e. The van der Waals surface area contributed by atoms with Crippen LogP contribution in [0.25, 0.3) is 15.5 Å². The number of benzene rings is 1. The van der Waals surface area contributed by atoms with Crippen LogP contribution in [-0.2, 0) is 0 Å². The molecule has 1 fully saturated rings. The van der Waals surface area contributed by atoms with E-state index in [0.29, 0.717) is 10.9 Å². The molecule has 3 aromatic rings. The maximum absolute atomic E-state index is 13.1. The van der Waals surface area contributed by atoms with Gasteiger partial charge in [-0.25, -0.2) is 4.39 Å². The highest BCUT2D eigenvalue weighted by atomic mass is 35.5. The second-order valence-corrected chi connectivity index (χ2v) is 5.92. The summed E-state index contributed by atoms with van der Waals surface area (Å²) in [5, 5.41) is 13.9. The quantitative estimate of drug-likeness (QED) is 0.726. The Kier molecular flexibility index (Phi) is 2.37. The molecule has 0 N–H and O–H groups in total. The first-order chi connectivity index (χ1) is 9.22. The van der Waals surface area contributed by atoms with E-state index in [1.54, 1.807) is 10.6 Å². The third-order valence-corrected chi connectivity index (χ3v) is 4.36. The lowest BCUT2D eigenvalue weighted by Crippen LogP contribution is -1.93. The molecule has 2 heterocycles.